The summed E-state index contributed by atoms with van der Waals surface area (Å²) in [5.41, 5.74) is 2.43. The lowest BCUT2D eigenvalue weighted by Gasteiger charge is -2.26. The fourth-order valence-electron chi connectivity index (χ4n) is 4.09. The van der Waals surface area contributed by atoms with Crippen LogP contribution in [0.3, 0.4) is 0 Å². The number of thiophene rings is 1. The number of quaternary nitrogens is 1. The van der Waals surface area contributed by atoms with Gasteiger partial charge in [-0.05, 0) is 44.7 Å². The van der Waals surface area contributed by atoms with Gasteiger partial charge in [0, 0.05) is 18.5 Å². The third kappa shape index (κ3) is 3.35. The Labute approximate surface area is 158 Å². The molecule has 26 heavy (non-hydrogen) atoms. The van der Waals surface area contributed by atoms with Crippen LogP contribution in [0.2, 0.25) is 0 Å². The van der Waals surface area contributed by atoms with Gasteiger partial charge >= 0.3 is 5.97 Å². The Hall–Kier alpha value is -1.92. The van der Waals surface area contributed by atoms with E-state index in [1.165, 1.54) is 9.78 Å². The van der Waals surface area contributed by atoms with E-state index in [4.69, 9.17) is 4.74 Å². The van der Waals surface area contributed by atoms with Crippen molar-refractivity contribution in [1.29, 1.82) is 0 Å². The maximum atomic E-state index is 13.2. The zero-order chi connectivity index (χ0) is 18.8. The Balaban J connectivity index is 1.85. The average Bonchev–Trinajstić information content (AvgIpc) is 3.33. The highest BCUT2D eigenvalue weighted by Crippen LogP contribution is 2.25. The van der Waals surface area contributed by atoms with Crippen LogP contribution in [0.15, 0.2) is 17.5 Å². The topological polar surface area (TPSA) is 63.6 Å². The number of ether oxygens (including phenoxy) is 1. The molecule has 140 valence electrons. The maximum Gasteiger partial charge on any atom is 0.340 e. The molecule has 3 atom stereocenters. The number of Topliss-reactive ketones (excluding diaryl/α,β-unsaturated/α-hetero) is 1. The minimum atomic E-state index is -0.365. The first-order chi connectivity index (χ1) is 12.5. The fraction of sp³-hybridized carbons (Fsp3) is 0.500. The van der Waals surface area contributed by atoms with Gasteiger partial charge in [-0.2, -0.15) is 0 Å². The van der Waals surface area contributed by atoms with Crippen molar-refractivity contribution in [3.8, 4) is 0 Å². The Morgan fingerprint density at radius 2 is 2.19 bits per heavy atom. The average molecular weight is 376 g/mol. The number of carbonyl (C=O) groups excluding carboxylic acids is 2. The zero-order valence-electron chi connectivity index (χ0n) is 15.8. The van der Waals surface area contributed by atoms with Gasteiger partial charge in [-0.15, -0.1) is 11.3 Å². The molecule has 2 N–H and O–H groups in total. The number of nitrogens with one attached hydrogen (secondary N) is 2. The standard InChI is InChI=1S/C20H26N2O3S/c1-5-25-20(24)17-12(2)18(21-13(17)3)19(23)14(4)22-10-6-8-15(22)16-9-7-11-26-16/h7,9,11,14-15,21H,5-6,8,10H2,1-4H3/p+1/t14-,15-/m1/s1. The van der Waals surface area contributed by atoms with Gasteiger partial charge in [0.15, 0.2) is 6.04 Å². The summed E-state index contributed by atoms with van der Waals surface area (Å²) in [5.74, 6) is -0.296. The molecule has 3 rings (SSSR count). The highest BCUT2D eigenvalue weighted by molar-refractivity contribution is 7.10. The van der Waals surface area contributed by atoms with Crippen molar-refractivity contribution in [2.75, 3.05) is 13.2 Å². The third-order valence-corrected chi connectivity index (χ3v) is 6.39. The van der Waals surface area contributed by atoms with Crippen LogP contribution in [0.25, 0.3) is 0 Å². The predicted octanol–water partition coefficient (Wildman–Crippen LogP) is 2.86. The van der Waals surface area contributed by atoms with Gasteiger partial charge < -0.3 is 14.6 Å². The van der Waals surface area contributed by atoms with Crippen LogP contribution in [0.5, 0.6) is 0 Å². The van der Waals surface area contributed by atoms with E-state index >= 15 is 0 Å². The lowest BCUT2D eigenvalue weighted by molar-refractivity contribution is -0.931. The minimum Gasteiger partial charge on any atom is -0.462 e. The number of likely N-dealkylation sites (tertiary alicyclic amines) is 1. The van der Waals surface area contributed by atoms with E-state index in [-0.39, 0.29) is 17.8 Å². The monoisotopic (exact) mass is 375 g/mol. The molecule has 0 amide bonds. The molecule has 0 spiro atoms. The summed E-state index contributed by atoms with van der Waals surface area (Å²) in [5, 5.41) is 2.10. The summed E-state index contributed by atoms with van der Waals surface area (Å²) < 4.78 is 5.13. The molecular weight excluding hydrogens is 348 g/mol. The molecule has 5 nitrogen and oxygen atoms in total. The first kappa shape index (κ1) is 18.9. The van der Waals surface area contributed by atoms with Gasteiger partial charge in [0.25, 0.3) is 0 Å². The number of hydrogen-bond donors (Lipinski definition) is 2. The molecule has 0 aromatic carbocycles. The van der Waals surface area contributed by atoms with Crippen molar-refractivity contribution < 1.29 is 19.2 Å². The summed E-state index contributed by atoms with van der Waals surface area (Å²) in [6.45, 7) is 8.75. The van der Waals surface area contributed by atoms with E-state index in [1.54, 1.807) is 18.3 Å². The molecule has 6 heteroatoms. The van der Waals surface area contributed by atoms with Crippen LogP contribution >= 0.6 is 11.3 Å². The van der Waals surface area contributed by atoms with Crippen molar-refractivity contribution in [3.05, 3.63) is 44.9 Å². The highest BCUT2D eigenvalue weighted by atomic mass is 32.1. The van der Waals surface area contributed by atoms with Crippen LogP contribution in [-0.2, 0) is 4.74 Å². The summed E-state index contributed by atoms with van der Waals surface area (Å²) in [4.78, 5) is 31.2. The SMILES string of the molecule is CCOC(=O)c1c(C)[nH]c(C(=O)[C@@H](C)[NH+]2CCC[C@@H]2c2cccs2)c1C. The first-order valence-corrected chi connectivity index (χ1v) is 10.1. The quantitative estimate of drug-likeness (QED) is 0.603. The predicted molar refractivity (Wildman–Crippen MR) is 102 cm³/mol. The second-order valence-corrected chi connectivity index (χ2v) is 7.95. The number of aromatic nitrogens is 1. The molecule has 2 aromatic rings. The van der Waals surface area contributed by atoms with E-state index in [2.05, 4.69) is 22.5 Å². The number of rotatable bonds is 6. The first-order valence-electron chi connectivity index (χ1n) is 9.25. The number of esters is 1. The maximum absolute atomic E-state index is 13.2. The minimum absolute atomic E-state index is 0.0691. The van der Waals surface area contributed by atoms with Gasteiger partial charge in [0.1, 0.15) is 6.04 Å². The molecule has 1 aliphatic rings. The summed E-state index contributed by atoms with van der Waals surface area (Å²) in [7, 11) is 0. The lowest BCUT2D eigenvalue weighted by atomic mass is 10.0. The Kier molecular flexibility index (Phi) is 5.63. The second kappa shape index (κ2) is 7.76. The van der Waals surface area contributed by atoms with Gasteiger partial charge in [-0.1, -0.05) is 6.07 Å². The van der Waals surface area contributed by atoms with E-state index < -0.39 is 0 Å². The van der Waals surface area contributed by atoms with E-state index in [0.717, 1.165) is 19.4 Å². The van der Waals surface area contributed by atoms with Crippen molar-refractivity contribution in [2.45, 2.75) is 52.6 Å². The molecule has 0 saturated carbocycles. The summed E-state index contributed by atoms with van der Waals surface area (Å²) >= 11 is 1.77. The van der Waals surface area contributed by atoms with Crippen LogP contribution in [0, 0.1) is 13.8 Å². The molecular formula is C20H27N2O3S+. The number of hydrogen-bond acceptors (Lipinski definition) is 4. The molecule has 1 unspecified atom stereocenters. The van der Waals surface area contributed by atoms with Gasteiger partial charge in [-0.25, -0.2) is 4.79 Å². The Morgan fingerprint density at radius 1 is 1.42 bits per heavy atom. The van der Waals surface area contributed by atoms with E-state index in [1.807, 2.05) is 20.8 Å². The summed E-state index contributed by atoms with van der Waals surface area (Å²) in [6.07, 6.45) is 2.25. The van der Waals surface area contributed by atoms with E-state index in [0.29, 0.717) is 35.2 Å². The van der Waals surface area contributed by atoms with Gasteiger partial charge in [-0.3, -0.25) is 4.79 Å². The molecule has 0 bridgehead atoms. The van der Waals surface area contributed by atoms with Crippen LogP contribution in [0.4, 0.5) is 0 Å². The van der Waals surface area contributed by atoms with Crippen LogP contribution in [0.1, 0.15) is 69.7 Å². The van der Waals surface area contributed by atoms with Crippen molar-refractivity contribution in [2.24, 2.45) is 0 Å². The Bertz CT molecular complexity index is 794. The van der Waals surface area contributed by atoms with Crippen LogP contribution < -0.4 is 4.90 Å². The molecule has 3 heterocycles. The van der Waals surface area contributed by atoms with Gasteiger partial charge in [0.2, 0.25) is 5.78 Å². The zero-order valence-corrected chi connectivity index (χ0v) is 16.7. The van der Waals surface area contributed by atoms with Crippen molar-refractivity contribution in [3.63, 3.8) is 0 Å². The number of aryl methyl sites for hydroxylation is 1. The number of aromatic amines is 1. The molecule has 1 fully saturated rings. The highest BCUT2D eigenvalue weighted by Gasteiger charge is 2.39. The van der Waals surface area contributed by atoms with Gasteiger partial charge in [0.05, 0.1) is 29.3 Å². The number of carbonyl (C=O) groups is 2. The smallest absolute Gasteiger partial charge is 0.340 e. The largest absolute Gasteiger partial charge is 0.462 e. The Morgan fingerprint density at radius 3 is 2.85 bits per heavy atom. The molecule has 1 saturated heterocycles. The second-order valence-electron chi connectivity index (χ2n) is 6.97. The molecule has 1 aliphatic heterocycles. The van der Waals surface area contributed by atoms with Crippen LogP contribution in [-0.4, -0.2) is 35.9 Å². The summed E-state index contributed by atoms with van der Waals surface area (Å²) in [6, 6.07) is 4.47. The third-order valence-electron chi connectivity index (χ3n) is 5.41. The fourth-order valence-corrected chi connectivity index (χ4v) is 5.00. The lowest BCUT2D eigenvalue weighted by Crippen LogP contribution is -3.14. The molecule has 0 radical (unpaired) electrons. The van der Waals surface area contributed by atoms with Crippen molar-refractivity contribution >= 4 is 23.1 Å². The normalized spacial score (nSPS) is 20.9. The molecule has 0 aliphatic carbocycles. The van der Waals surface area contributed by atoms with E-state index in [9.17, 15) is 9.59 Å². The number of H-pyrrole nitrogens is 1. The van der Waals surface area contributed by atoms with Crippen molar-refractivity contribution in [1.82, 2.24) is 4.98 Å². The number of ketones is 1. The molecule has 2 aromatic heterocycles.